The lowest BCUT2D eigenvalue weighted by molar-refractivity contribution is -0.385. The fourth-order valence-electron chi connectivity index (χ4n) is 1.46. The summed E-state index contributed by atoms with van der Waals surface area (Å²) >= 11 is 3.26. The van der Waals surface area contributed by atoms with Gasteiger partial charge in [0.15, 0.2) is 0 Å². The maximum Gasteiger partial charge on any atom is 0.270 e. The van der Waals surface area contributed by atoms with Gasteiger partial charge >= 0.3 is 0 Å². The van der Waals surface area contributed by atoms with Crippen LogP contribution in [0.25, 0.3) is 0 Å². The number of ether oxygens (including phenoxy) is 1. The van der Waals surface area contributed by atoms with E-state index in [0.29, 0.717) is 16.8 Å². The Balaban J connectivity index is 2.08. The molecule has 0 unspecified atom stereocenters. The van der Waals surface area contributed by atoms with Gasteiger partial charge in [0.25, 0.3) is 5.69 Å². The van der Waals surface area contributed by atoms with E-state index in [-0.39, 0.29) is 5.69 Å². The van der Waals surface area contributed by atoms with Crippen LogP contribution in [0.15, 0.2) is 53.0 Å². The largest absolute Gasteiger partial charge is 0.488 e. The molecule has 2 aromatic carbocycles. The van der Waals surface area contributed by atoms with Gasteiger partial charge in [-0.25, -0.2) is 0 Å². The van der Waals surface area contributed by atoms with Crippen molar-refractivity contribution in [1.82, 2.24) is 0 Å². The summed E-state index contributed by atoms with van der Waals surface area (Å²) in [7, 11) is 0. The molecule has 0 aromatic heterocycles. The maximum absolute atomic E-state index is 10.6. The molecule has 0 amide bonds. The molecule has 0 aliphatic heterocycles. The van der Waals surface area contributed by atoms with Crippen molar-refractivity contribution in [2.75, 3.05) is 0 Å². The smallest absolute Gasteiger partial charge is 0.270 e. The van der Waals surface area contributed by atoms with Crippen LogP contribution in [0.1, 0.15) is 5.56 Å². The van der Waals surface area contributed by atoms with Crippen molar-refractivity contribution in [2.45, 2.75) is 6.61 Å². The van der Waals surface area contributed by atoms with Gasteiger partial charge in [-0.1, -0.05) is 30.3 Å². The Morgan fingerprint density at radius 3 is 2.50 bits per heavy atom. The molecule has 0 bridgehead atoms. The number of nitro groups is 1. The van der Waals surface area contributed by atoms with Gasteiger partial charge in [0, 0.05) is 12.1 Å². The first-order chi connectivity index (χ1) is 8.66. The van der Waals surface area contributed by atoms with E-state index in [2.05, 4.69) is 15.9 Å². The standard InChI is InChI=1S/C13H10BrNO3/c14-12-8-11(15(16)17)6-7-13(12)18-9-10-4-2-1-3-5-10/h1-8H,9H2. The second-order valence-electron chi connectivity index (χ2n) is 3.65. The fraction of sp³-hybridized carbons (Fsp3) is 0.0769. The molecule has 18 heavy (non-hydrogen) atoms. The van der Waals surface area contributed by atoms with Crippen molar-refractivity contribution in [3.05, 3.63) is 68.7 Å². The summed E-state index contributed by atoms with van der Waals surface area (Å²) in [6.07, 6.45) is 0. The van der Waals surface area contributed by atoms with Crippen LogP contribution in [0, 0.1) is 10.1 Å². The molecular formula is C13H10BrNO3. The van der Waals surface area contributed by atoms with Crippen LogP contribution in [0.2, 0.25) is 0 Å². The van der Waals surface area contributed by atoms with Gasteiger partial charge < -0.3 is 4.74 Å². The van der Waals surface area contributed by atoms with Gasteiger partial charge in [0.2, 0.25) is 0 Å². The summed E-state index contributed by atoms with van der Waals surface area (Å²) in [6.45, 7) is 0.428. The van der Waals surface area contributed by atoms with Crippen molar-refractivity contribution in [2.24, 2.45) is 0 Å². The first-order valence-corrected chi connectivity index (χ1v) is 6.07. The molecule has 0 heterocycles. The molecule has 0 fully saturated rings. The molecule has 5 heteroatoms. The molecule has 0 spiro atoms. The molecule has 0 N–H and O–H groups in total. The van der Waals surface area contributed by atoms with Crippen LogP contribution in [-0.2, 0) is 6.61 Å². The van der Waals surface area contributed by atoms with Crippen LogP contribution in [-0.4, -0.2) is 4.92 Å². The molecule has 4 nitrogen and oxygen atoms in total. The Labute approximate surface area is 112 Å². The third-order valence-corrected chi connectivity index (χ3v) is 2.98. The van der Waals surface area contributed by atoms with Crippen molar-refractivity contribution in [3.8, 4) is 5.75 Å². The number of nitro benzene ring substituents is 1. The molecular weight excluding hydrogens is 298 g/mol. The van der Waals surface area contributed by atoms with Gasteiger partial charge in [0.1, 0.15) is 12.4 Å². The van der Waals surface area contributed by atoms with Gasteiger partial charge in [-0.05, 0) is 27.6 Å². The maximum atomic E-state index is 10.6. The summed E-state index contributed by atoms with van der Waals surface area (Å²) in [5.74, 6) is 0.587. The predicted molar refractivity (Wildman–Crippen MR) is 71.6 cm³/mol. The fourth-order valence-corrected chi connectivity index (χ4v) is 1.94. The van der Waals surface area contributed by atoms with Crippen molar-refractivity contribution < 1.29 is 9.66 Å². The van der Waals surface area contributed by atoms with E-state index >= 15 is 0 Å². The number of nitrogens with zero attached hydrogens (tertiary/aromatic N) is 1. The first kappa shape index (κ1) is 12.6. The summed E-state index contributed by atoms with van der Waals surface area (Å²) in [6, 6.07) is 14.2. The Bertz CT molecular complexity index is 557. The van der Waals surface area contributed by atoms with Crippen molar-refractivity contribution in [1.29, 1.82) is 0 Å². The van der Waals surface area contributed by atoms with Crippen LogP contribution in [0.5, 0.6) is 5.75 Å². The van der Waals surface area contributed by atoms with E-state index in [1.54, 1.807) is 6.07 Å². The minimum atomic E-state index is -0.439. The zero-order valence-electron chi connectivity index (χ0n) is 9.38. The lowest BCUT2D eigenvalue weighted by Crippen LogP contribution is -1.96. The quantitative estimate of drug-likeness (QED) is 0.635. The highest BCUT2D eigenvalue weighted by Gasteiger charge is 2.09. The molecule has 0 saturated carbocycles. The molecule has 0 atom stereocenters. The highest BCUT2D eigenvalue weighted by molar-refractivity contribution is 9.10. The Morgan fingerprint density at radius 2 is 1.89 bits per heavy atom. The lowest BCUT2D eigenvalue weighted by Gasteiger charge is -2.07. The van der Waals surface area contributed by atoms with Crippen LogP contribution >= 0.6 is 15.9 Å². The summed E-state index contributed by atoms with van der Waals surface area (Å²) in [5.41, 5.74) is 1.08. The molecule has 0 radical (unpaired) electrons. The monoisotopic (exact) mass is 307 g/mol. The molecule has 0 aliphatic rings. The summed E-state index contributed by atoms with van der Waals surface area (Å²) in [5, 5.41) is 10.6. The Hall–Kier alpha value is -1.88. The lowest BCUT2D eigenvalue weighted by atomic mass is 10.2. The van der Waals surface area contributed by atoms with E-state index in [4.69, 9.17) is 4.74 Å². The number of hydrogen-bond donors (Lipinski definition) is 0. The average molecular weight is 308 g/mol. The number of non-ortho nitro benzene ring substituents is 1. The van der Waals surface area contributed by atoms with Gasteiger partial charge in [-0.3, -0.25) is 10.1 Å². The molecule has 0 saturated heterocycles. The zero-order chi connectivity index (χ0) is 13.0. The minimum absolute atomic E-state index is 0.0361. The number of hydrogen-bond acceptors (Lipinski definition) is 3. The van der Waals surface area contributed by atoms with E-state index in [9.17, 15) is 10.1 Å². The second kappa shape index (κ2) is 5.64. The number of halogens is 1. The molecule has 2 aromatic rings. The number of benzene rings is 2. The number of rotatable bonds is 4. The zero-order valence-corrected chi connectivity index (χ0v) is 11.0. The third-order valence-electron chi connectivity index (χ3n) is 2.36. The van der Waals surface area contributed by atoms with Gasteiger partial charge in [-0.15, -0.1) is 0 Å². The predicted octanol–water partition coefficient (Wildman–Crippen LogP) is 3.94. The topological polar surface area (TPSA) is 52.4 Å². The average Bonchev–Trinajstić information content (AvgIpc) is 2.38. The van der Waals surface area contributed by atoms with Crippen LogP contribution in [0.3, 0.4) is 0 Å². The second-order valence-corrected chi connectivity index (χ2v) is 4.50. The Kier molecular flexibility index (Phi) is 3.94. The summed E-state index contributed by atoms with van der Waals surface area (Å²) in [4.78, 5) is 10.1. The molecule has 92 valence electrons. The van der Waals surface area contributed by atoms with Crippen LogP contribution < -0.4 is 4.74 Å². The van der Waals surface area contributed by atoms with E-state index in [0.717, 1.165) is 5.56 Å². The third kappa shape index (κ3) is 3.07. The SMILES string of the molecule is O=[N+]([O-])c1ccc(OCc2ccccc2)c(Br)c1. The van der Waals surface area contributed by atoms with Crippen LogP contribution in [0.4, 0.5) is 5.69 Å². The van der Waals surface area contributed by atoms with Gasteiger partial charge in [0.05, 0.1) is 9.40 Å². The van der Waals surface area contributed by atoms with E-state index in [1.165, 1.54) is 12.1 Å². The highest BCUT2D eigenvalue weighted by Crippen LogP contribution is 2.29. The molecule has 2 rings (SSSR count). The highest BCUT2D eigenvalue weighted by atomic mass is 79.9. The van der Waals surface area contributed by atoms with Crippen molar-refractivity contribution in [3.63, 3.8) is 0 Å². The normalized spacial score (nSPS) is 10.1. The minimum Gasteiger partial charge on any atom is -0.488 e. The van der Waals surface area contributed by atoms with Gasteiger partial charge in [-0.2, -0.15) is 0 Å². The molecule has 0 aliphatic carbocycles. The van der Waals surface area contributed by atoms with E-state index < -0.39 is 4.92 Å². The van der Waals surface area contributed by atoms with Crippen molar-refractivity contribution >= 4 is 21.6 Å². The van der Waals surface area contributed by atoms with E-state index in [1.807, 2.05) is 30.3 Å². The Morgan fingerprint density at radius 1 is 1.17 bits per heavy atom. The summed E-state index contributed by atoms with van der Waals surface area (Å²) < 4.78 is 6.16. The first-order valence-electron chi connectivity index (χ1n) is 5.27.